The minimum absolute atomic E-state index is 0.192. The van der Waals surface area contributed by atoms with Crippen LogP contribution >= 0.6 is 11.6 Å². The molecule has 1 rings (SSSR count). The van der Waals surface area contributed by atoms with Gasteiger partial charge in [0.25, 0.3) is 0 Å². The predicted molar refractivity (Wildman–Crippen MR) is 83.6 cm³/mol. The molecule has 0 saturated heterocycles. The molecular weight excluding hydrogens is 328 g/mol. The molecule has 1 amide bonds. The second-order valence-electron chi connectivity index (χ2n) is 4.88. The summed E-state index contributed by atoms with van der Waals surface area (Å²) in [6.07, 6.45) is -0.886. The maximum absolute atomic E-state index is 12.4. The van der Waals surface area contributed by atoms with Crippen molar-refractivity contribution < 1.29 is 18.3 Å². The molecule has 0 aromatic heterocycles. The molecular formula is C14H17ClN2O4S. The third kappa shape index (κ3) is 4.61. The number of sulfone groups is 1. The van der Waals surface area contributed by atoms with Gasteiger partial charge in [-0.05, 0) is 31.0 Å². The van der Waals surface area contributed by atoms with Crippen molar-refractivity contribution in [3.05, 3.63) is 34.3 Å². The number of carbonyl (C=O) groups is 1. The van der Waals surface area contributed by atoms with Crippen molar-refractivity contribution >= 4 is 27.5 Å². The fourth-order valence-corrected chi connectivity index (χ4v) is 3.90. The quantitative estimate of drug-likeness (QED) is 0.825. The number of amides is 1. The first-order valence-corrected chi connectivity index (χ1v) is 8.71. The van der Waals surface area contributed by atoms with Crippen LogP contribution in [0.5, 0.6) is 0 Å². The van der Waals surface area contributed by atoms with Gasteiger partial charge < -0.3 is 10.4 Å². The molecule has 6 nitrogen and oxygen atoms in total. The second-order valence-corrected chi connectivity index (χ2v) is 7.65. The van der Waals surface area contributed by atoms with Gasteiger partial charge in [0.15, 0.2) is 9.84 Å². The summed E-state index contributed by atoms with van der Waals surface area (Å²) in [4.78, 5) is 10.7. The van der Waals surface area contributed by atoms with Gasteiger partial charge in [0, 0.05) is 6.04 Å². The van der Waals surface area contributed by atoms with E-state index in [1.54, 1.807) is 6.92 Å². The topological polar surface area (TPSA) is 107 Å². The fourth-order valence-electron chi connectivity index (χ4n) is 1.94. The Hall–Kier alpha value is -1.78. The van der Waals surface area contributed by atoms with Crippen molar-refractivity contribution in [2.24, 2.45) is 0 Å². The molecule has 2 unspecified atom stereocenters. The molecule has 8 heteroatoms. The van der Waals surface area contributed by atoms with E-state index in [1.807, 2.05) is 6.07 Å². The smallest absolute Gasteiger partial charge is 0.404 e. The zero-order valence-corrected chi connectivity index (χ0v) is 13.8. The minimum Gasteiger partial charge on any atom is -0.465 e. The van der Waals surface area contributed by atoms with Crippen LogP contribution in [0, 0.1) is 11.3 Å². The Labute approximate surface area is 134 Å². The lowest BCUT2D eigenvalue weighted by Crippen LogP contribution is -2.39. The van der Waals surface area contributed by atoms with Crippen molar-refractivity contribution in [3.63, 3.8) is 0 Å². The number of nitrogens with one attached hydrogen (secondary N) is 1. The van der Waals surface area contributed by atoms with Crippen molar-refractivity contribution in [3.8, 4) is 6.07 Å². The molecule has 120 valence electrons. The molecule has 1 aromatic carbocycles. The van der Waals surface area contributed by atoms with E-state index in [0.717, 1.165) is 0 Å². The summed E-state index contributed by atoms with van der Waals surface area (Å²) in [5.74, 6) is -0.297. The van der Waals surface area contributed by atoms with Crippen LogP contribution < -0.4 is 5.32 Å². The highest BCUT2D eigenvalue weighted by Gasteiger charge is 2.27. The van der Waals surface area contributed by atoms with Crippen LogP contribution in [0.15, 0.2) is 18.2 Å². The maximum atomic E-state index is 12.4. The van der Waals surface area contributed by atoms with E-state index in [9.17, 15) is 13.2 Å². The van der Waals surface area contributed by atoms with E-state index in [4.69, 9.17) is 22.0 Å². The molecule has 2 N–H and O–H groups in total. The Balaban J connectivity index is 2.99. The van der Waals surface area contributed by atoms with Gasteiger partial charge in [0.05, 0.1) is 21.6 Å². The molecule has 0 fully saturated rings. The Bertz CT molecular complexity index is 697. The van der Waals surface area contributed by atoms with Crippen LogP contribution in [0.3, 0.4) is 0 Å². The Morgan fingerprint density at radius 3 is 2.59 bits per heavy atom. The second kappa shape index (κ2) is 7.47. The minimum atomic E-state index is -3.57. The lowest BCUT2D eigenvalue weighted by Gasteiger charge is -2.19. The molecule has 0 heterocycles. The normalized spacial score (nSPS) is 13.9. The molecule has 1 aromatic rings. The molecule has 0 aliphatic rings. The standard InChI is InChI=1S/C14H17ClN2O4S/c1-3-12(17-14(18)19)8-22(20,21)9(2)10-4-5-11(7-16)13(15)6-10/h4-6,9,12,17H,3,8H2,1-2H3,(H,18,19). The molecule has 0 bridgehead atoms. The van der Waals surface area contributed by atoms with Crippen LogP contribution in [-0.2, 0) is 9.84 Å². The van der Waals surface area contributed by atoms with Gasteiger partial charge in [0.2, 0.25) is 0 Å². The largest absolute Gasteiger partial charge is 0.465 e. The summed E-state index contributed by atoms with van der Waals surface area (Å²) in [5.41, 5.74) is 0.739. The predicted octanol–water partition coefficient (Wildman–Crippen LogP) is 2.73. The molecule has 0 aliphatic heterocycles. The number of benzene rings is 1. The summed E-state index contributed by atoms with van der Waals surface area (Å²) in [6, 6.07) is 5.70. The SMILES string of the molecule is CCC(CS(=O)(=O)C(C)c1ccc(C#N)c(Cl)c1)NC(=O)O. The van der Waals surface area contributed by atoms with E-state index >= 15 is 0 Å². The van der Waals surface area contributed by atoms with E-state index in [1.165, 1.54) is 25.1 Å². The number of hydrogen-bond donors (Lipinski definition) is 2. The lowest BCUT2D eigenvalue weighted by molar-refractivity contribution is 0.190. The molecule has 0 aliphatic carbocycles. The average Bonchev–Trinajstić information content (AvgIpc) is 2.44. The number of nitriles is 1. The average molecular weight is 345 g/mol. The van der Waals surface area contributed by atoms with Crippen molar-refractivity contribution in [2.45, 2.75) is 31.6 Å². The highest BCUT2D eigenvalue weighted by molar-refractivity contribution is 7.91. The van der Waals surface area contributed by atoms with Crippen LogP contribution in [0.2, 0.25) is 5.02 Å². The first-order valence-electron chi connectivity index (χ1n) is 6.61. The summed E-state index contributed by atoms with van der Waals surface area (Å²) < 4.78 is 24.8. The molecule has 2 atom stereocenters. The summed E-state index contributed by atoms with van der Waals surface area (Å²) in [6.45, 7) is 3.22. The fraction of sp³-hybridized carbons (Fsp3) is 0.429. The number of rotatable bonds is 6. The van der Waals surface area contributed by atoms with Gasteiger partial charge in [-0.25, -0.2) is 13.2 Å². The van der Waals surface area contributed by atoms with Crippen LogP contribution in [0.1, 0.15) is 36.6 Å². The van der Waals surface area contributed by atoms with Gasteiger partial charge >= 0.3 is 6.09 Å². The van der Waals surface area contributed by atoms with Gasteiger partial charge in [-0.15, -0.1) is 0 Å². The van der Waals surface area contributed by atoms with E-state index in [2.05, 4.69) is 5.32 Å². The van der Waals surface area contributed by atoms with Crippen LogP contribution in [0.4, 0.5) is 4.79 Å². The Morgan fingerprint density at radius 1 is 1.50 bits per heavy atom. The zero-order valence-electron chi connectivity index (χ0n) is 12.2. The number of halogens is 1. The van der Waals surface area contributed by atoms with Gasteiger partial charge in [0.1, 0.15) is 6.07 Å². The number of nitrogens with zero attached hydrogens (tertiary/aromatic N) is 1. The van der Waals surface area contributed by atoms with Gasteiger partial charge in [-0.2, -0.15) is 5.26 Å². The number of carboxylic acid groups (broad SMARTS) is 1. The first-order chi connectivity index (χ1) is 10.2. The summed E-state index contributed by atoms with van der Waals surface area (Å²) in [7, 11) is -3.57. The van der Waals surface area contributed by atoms with Crippen molar-refractivity contribution in [1.29, 1.82) is 5.26 Å². The Morgan fingerprint density at radius 2 is 2.14 bits per heavy atom. The summed E-state index contributed by atoms with van der Waals surface area (Å²) in [5, 5.41) is 19.1. The van der Waals surface area contributed by atoms with Crippen LogP contribution in [0.25, 0.3) is 0 Å². The van der Waals surface area contributed by atoms with E-state index in [-0.39, 0.29) is 16.3 Å². The van der Waals surface area contributed by atoms with E-state index in [0.29, 0.717) is 12.0 Å². The van der Waals surface area contributed by atoms with E-state index < -0.39 is 27.2 Å². The highest BCUT2D eigenvalue weighted by Crippen LogP contribution is 2.27. The third-order valence-electron chi connectivity index (χ3n) is 3.38. The van der Waals surface area contributed by atoms with Crippen LogP contribution in [-0.4, -0.2) is 31.4 Å². The van der Waals surface area contributed by atoms with Gasteiger partial charge in [-0.3, -0.25) is 0 Å². The highest BCUT2D eigenvalue weighted by atomic mass is 35.5. The lowest BCUT2D eigenvalue weighted by atomic mass is 10.1. The van der Waals surface area contributed by atoms with Crippen molar-refractivity contribution in [2.75, 3.05) is 5.75 Å². The maximum Gasteiger partial charge on any atom is 0.404 e. The monoisotopic (exact) mass is 344 g/mol. The summed E-state index contributed by atoms with van der Waals surface area (Å²) >= 11 is 5.92. The molecule has 0 spiro atoms. The molecule has 22 heavy (non-hydrogen) atoms. The van der Waals surface area contributed by atoms with Gasteiger partial charge in [-0.1, -0.05) is 24.6 Å². The Kier molecular flexibility index (Phi) is 6.21. The molecule has 0 radical (unpaired) electrons. The van der Waals surface area contributed by atoms with Crippen molar-refractivity contribution in [1.82, 2.24) is 5.32 Å². The third-order valence-corrected chi connectivity index (χ3v) is 5.90. The first kappa shape index (κ1) is 18.3. The zero-order chi connectivity index (χ0) is 16.9. The molecule has 0 saturated carbocycles. The number of hydrogen-bond acceptors (Lipinski definition) is 4.